The number of aryl methyl sites for hydroxylation is 4. The second kappa shape index (κ2) is 11.6. The fourth-order valence-electron chi connectivity index (χ4n) is 8.16. The minimum Gasteiger partial charge on any atom is -0.0620 e. The third-order valence-electron chi connectivity index (χ3n) is 10.6. The third-order valence-corrected chi connectivity index (χ3v) is 10.6. The van der Waals surface area contributed by atoms with Crippen molar-refractivity contribution in [3.63, 3.8) is 0 Å². The molecule has 0 aliphatic heterocycles. The maximum Gasteiger partial charge on any atom is 0.0634 e. The lowest BCUT2D eigenvalue weighted by atomic mass is 9.63. The Morgan fingerprint density at radius 1 is 0.383 bits per heavy atom. The maximum atomic E-state index is 2.54. The van der Waals surface area contributed by atoms with Crippen LogP contribution >= 0.6 is 0 Å². The van der Waals surface area contributed by atoms with Gasteiger partial charge < -0.3 is 0 Å². The molecular weight excluding hydrogens is 565 g/mol. The Hall–Kier alpha value is -5.20. The molecule has 0 heterocycles. The molecule has 8 rings (SSSR count). The van der Waals surface area contributed by atoms with Gasteiger partial charge in [-0.1, -0.05) is 157 Å². The Balaban J connectivity index is 1.41. The molecule has 47 heavy (non-hydrogen) atoms. The van der Waals surface area contributed by atoms with E-state index in [4.69, 9.17) is 0 Å². The lowest BCUT2D eigenvalue weighted by Gasteiger charge is -2.39. The predicted molar refractivity (Wildman–Crippen MR) is 200 cm³/mol. The summed E-state index contributed by atoms with van der Waals surface area (Å²) in [6, 6.07) is 50.1. The molecule has 6 aromatic carbocycles. The first-order valence-electron chi connectivity index (χ1n) is 16.9. The van der Waals surface area contributed by atoms with Gasteiger partial charge in [0.05, 0.1) is 5.41 Å². The first-order chi connectivity index (χ1) is 22.9. The van der Waals surface area contributed by atoms with Gasteiger partial charge in [-0.15, -0.1) is 0 Å². The number of fused-ring (bicyclic) bond motifs is 2. The molecule has 0 atom stereocenters. The second-order valence-electron chi connectivity index (χ2n) is 13.6. The normalized spacial score (nSPS) is 13.6. The van der Waals surface area contributed by atoms with Crippen molar-refractivity contribution >= 4 is 12.2 Å². The van der Waals surface area contributed by atoms with Crippen LogP contribution in [0.1, 0.15) is 55.6 Å². The van der Waals surface area contributed by atoms with Crippen LogP contribution in [-0.2, 0) is 18.3 Å². The number of allylic oxidation sites excluding steroid dienone is 2. The van der Waals surface area contributed by atoms with E-state index >= 15 is 0 Å². The zero-order chi connectivity index (χ0) is 32.1. The van der Waals surface area contributed by atoms with Crippen LogP contribution in [-0.4, -0.2) is 0 Å². The average molecular weight is 605 g/mol. The highest BCUT2D eigenvalue weighted by atomic mass is 14.5. The lowest BCUT2D eigenvalue weighted by molar-refractivity contribution is 0.684. The molecule has 0 N–H and O–H groups in total. The topological polar surface area (TPSA) is 0 Å². The van der Waals surface area contributed by atoms with Crippen molar-refractivity contribution in [3.8, 4) is 22.3 Å². The standard InChI is InChI=1S/C47H40/c1-31-19-23-37(24-20-31)47(38-25-21-32(2)22-26-38,39-27-35-13-9-17-43(45(35)29-39)41-15-7-5-11-33(41)3)40-28-36-14-10-18-44(46(36)30-40)42-16-8-6-12-34(42)4/h5-26,29-30H,27-28H2,1-4H3. The molecule has 0 saturated heterocycles. The Labute approximate surface area is 279 Å². The fraction of sp³-hybridized carbons (Fsp3) is 0.149. The number of hydrogen-bond acceptors (Lipinski definition) is 0. The van der Waals surface area contributed by atoms with Crippen molar-refractivity contribution < 1.29 is 0 Å². The zero-order valence-corrected chi connectivity index (χ0v) is 27.8. The molecule has 228 valence electrons. The van der Waals surface area contributed by atoms with E-state index in [1.165, 1.54) is 89.0 Å². The van der Waals surface area contributed by atoms with E-state index in [-0.39, 0.29) is 0 Å². The molecule has 0 unspecified atom stereocenters. The van der Waals surface area contributed by atoms with Crippen molar-refractivity contribution in [2.45, 2.75) is 46.0 Å². The van der Waals surface area contributed by atoms with Crippen molar-refractivity contribution in [3.05, 3.63) is 200 Å². The van der Waals surface area contributed by atoms with Crippen molar-refractivity contribution in [1.82, 2.24) is 0 Å². The molecule has 0 amide bonds. The highest BCUT2D eigenvalue weighted by Crippen LogP contribution is 2.54. The highest BCUT2D eigenvalue weighted by Gasteiger charge is 2.45. The van der Waals surface area contributed by atoms with Crippen LogP contribution in [0, 0.1) is 27.7 Å². The van der Waals surface area contributed by atoms with E-state index in [9.17, 15) is 0 Å². The van der Waals surface area contributed by atoms with Crippen LogP contribution in [0.5, 0.6) is 0 Å². The quantitative estimate of drug-likeness (QED) is 0.177. The van der Waals surface area contributed by atoms with Crippen molar-refractivity contribution in [2.75, 3.05) is 0 Å². The Morgan fingerprint density at radius 3 is 1.17 bits per heavy atom. The van der Waals surface area contributed by atoms with Gasteiger partial charge in [0, 0.05) is 0 Å². The maximum absolute atomic E-state index is 2.54. The lowest BCUT2D eigenvalue weighted by Crippen LogP contribution is -2.33. The van der Waals surface area contributed by atoms with Gasteiger partial charge in [-0.3, -0.25) is 0 Å². The van der Waals surface area contributed by atoms with Crippen LogP contribution in [0.3, 0.4) is 0 Å². The fourth-order valence-corrected chi connectivity index (χ4v) is 8.16. The van der Waals surface area contributed by atoms with Gasteiger partial charge in [0.15, 0.2) is 0 Å². The van der Waals surface area contributed by atoms with E-state index < -0.39 is 5.41 Å². The minimum atomic E-state index is -0.425. The smallest absolute Gasteiger partial charge is 0.0620 e. The monoisotopic (exact) mass is 604 g/mol. The molecular formula is C47H40. The molecule has 0 bridgehead atoms. The molecule has 0 saturated carbocycles. The summed E-state index contributed by atoms with van der Waals surface area (Å²) in [5.41, 5.74) is 21.1. The van der Waals surface area contributed by atoms with Crippen LogP contribution in [0.2, 0.25) is 0 Å². The van der Waals surface area contributed by atoms with E-state index in [0.717, 1.165) is 12.8 Å². The van der Waals surface area contributed by atoms with Gasteiger partial charge in [-0.2, -0.15) is 0 Å². The Morgan fingerprint density at radius 2 is 0.766 bits per heavy atom. The summed E-state index contributed by atoms with van der Waals surface area (Å²) in [5, 5.41) is 0. The first kappa shape index (κ1) is 29.2. The first-order valence-corrected chi connectivity index (χ1v) is 16.9. The van der Waals surface area contributed by atoms with Gasteiger partial charge in [-0.25, -0.2) is 0 Å². The van der Waals surface area contributed by atoms with Gasteiger partial charge in [0.2, 0.25) is 0 Å². The molecule has 0 nitrogen and oxygen atoms in total. The Kier molecular flexibility index (Phi) is 7.18. The van der Waals surface area contributed by atoms with Gasteiger partial charge in [0.25, 0.3) is 0 Å². The largest absolute Gasteiger partial charge is 0.0634 e. The van der Waals surface area contributed by atoms with E-state index in [2.05, 4.69) is 173 Å². The van der Waals surface area contributed by atoms with E-state index in [1.807, 2.05) is 0 Å². The van der Waals surface area contributed by atoms with E-state index in [1.54, 1.807) is 0 Å². The molecule has 0 heteroatoms. The number of rotatable bonds is 6. The van der Waals surface area contributed by atoms with Gasteiger partial charge >= 0.3 is 0 Å². The predicted octanol–water partition coefficient (Wildman–Crippen LogP) is 11.8. The number of hydrogen-bond donors (Lipinski definition) is 0. The summed E-state index contributed by atoms with van der Waals surface area (Å²) in [4.78, 5) is 0. The molecule has 2 aliphatic rings. The Bertz CT molecular complexity index is 2040. The molecule has 2 aliphatic carbocycles. The number of benzene rings is 6. The molecule has 0 fully saturated rings. The van der Waals surface area contributed by atoms with E-state index in [0.29, 0.717) is 0 Å². The van der Waals surface area contributed by atoms with Gasteiger partial charge in [-0.05, 0) is 118 Å². The zero-order valence-electron chi connectivity index (χ0n) is 27.8. The minimum absolute atomic E-state index is 0.425. The van der Waals surface area contributed by atoms with Crippen LogP contribution < -0.4 is 0 Å². The van der Waals surface area contributed by atoms with Crippen molar-refractivity contribution in [1.29, 1.82) is 0 Å². The summed E-state index contributed by atoms with van der Waals surface area (Å²) in [6.45, 7) is 8.83. The summed E-state index contributed by atoms with van der Waals surface area (Å²) in [6.07, 6.45) is 6.91. The summed E-state index contributed by atoms with van der Waals surface area (Å²) in [7, 11) is 0. The average Bonchev–Trinajstić information content (AvgIpc) is 3.73. The van der Waals surface area contributed by atoms with Crippen molar-refractivity contribution in [2.24, 2.45) is 0 Å². The molecule has 0 aromatic heterocycles. The molecule has 0 spiro atoms. The highest BCUT2D eigenvalue weighted by molar-refractivity contribution is 5.88. The summed E-state index contributed by atoms with van der Waals surface area (Å²) >= 11 is 0. The SMILES string of the molecule is Cc1ccc(C(C2=Cc3c(cccc3-c3ccccc3C)C2)(C2=Cc3c(cccc3-c3ccccc3C)C2)c2ccc(C)cc2)cc1. The summed E-state index contributed by atoms with van der Waals surface area (Å²) < 4.78 is 0. The van der Waals surface area contributed by atoms with Gasteiger partial charge in [0.1, 0.15) is 0 Å². The third kappa shape index (κ3) is 4.83. The molecule has 6 aromatic rings. The second-order valence-corrected chi connectivity index (χ2v) is 13.6. The molecule has 0 radical (unpaired) electrons. The van der Waals surface area contributed by atoms with Crippen LogP contribution in [0.4, 0.5) is 0 Å². The van der Waals surface area contributed by atoms with Crippen LogP contribution in [0.25, 0.3) is 34.4 Å². The summed E-state index contributed by atoms with van der Waals surface area (Å²) in [5.74, 6) is 0. The van der Waals surface area contributed by atoms with Crippen LogP contribution in [0.15, 0.2) is 145 Å².